The third kappa shape index (κ3) is 2.00. The van der Waals surface area contributed by atoms with Crippen LogP contribution in [0.5, 0.6) is 0 Å². The fraction of sp³-hybridized carbons (Fsp3) is 0.667. The Labute approximate surface area is 73.6 Å². The SMILES string of the molecule is CCCCCc1ncn(C)c1N. The van der Waals surface area contributed by atoms with E-state index in [2.05, 4.69) is 11.9 Å². The number of anilines is 1. The average Bonchev–Trinajstić information content (AvgIpc) is 2.36. The number of aryl methyl sites for hydroxylation is 2. The minimum absolute atomic E-state index is 0.811. The lowest BCUT2D eigenvalue weighted by molar-refractivity contribution is 0.710. The van der Waals surface area contributed by atoms with E-state index in [1.807, 2.05) is 11.6 Å². The van der Waals surface area contributed by atoms with Gasteiger partial charge in [-0.2, -0.15) is 0 Å². The minimum atomic E-state index is 0.811. The number of hydrogen-bond donors (Lipinski definition) is 1. The molecule has 0 spiro atoms. The summed E-state index contributed by atoms with van der Waals surface area (Å²) in [6.07, 6.45) is 6.48. The molecule has 0 aliphatic heterocycles. The molecule has 2 N–H and O–H groups in total. The first-order valence-electron chi connectivity index (χ1n) is 4.51. The molecule has 0 bridgehead atoms. The van der Waals surface area contributed by atoms with E-state index in [0.29, 0.717) is 0 Å². The summed E-state index contributed by atoms with van der Waals surface area (Å²) >= 11 is 0. The van der Waals surface area contributed by atoms with Crippen molar-refractivity contribution in [2.24, 2.45) is 7.05 Å². The molecular weight excluding hydrogens is 150 g/mol. The molecule has 0 unspecified atom stereocenters. The predicted molar refractivity (Wildman–Crippen MR) is 50.8 cm³/mol. The van der Waals surface area contributed by atoms with Gasteiger partial charge in [0.05, 0.1) is 12.0 Å². The second-order valence-electron chi connectivity index (χ2n) is 3.14. The number of unbranched alkanes of at least 4 members (excludes halogenated alkanes) is 2. The zero-order valence-corrected chi connectivity index (χ0v) is 7.88. The number of nitrogens with zero attached hydrogens (tertiary/aromatic N) is 2. The Balaban J connectivity index is 2.46. The largest absolute Gasteiger partial charge is 0.384 e. The standard InChI is InChI=1S/C9H17N3/c1-3-4-5-6-8-9(10)12(2)7-11-8/h7H,3-6,10H2,1-2H3. The van der Waals surface area contributed by atoms with Gasteiger partial charge in [0.2, 0.25) is 0 Å². The van der Waals surface area contributed by atoms with E-state index in [-0.39, 0.29) is 0 Å². The highest BCUT2D eigenvalue weighted by molar-refractivity contribution is 5.35. The van der Waals surface area contributed by atoms with E-state index in [1.165, 1.54) is 19.3 Å². The van der Waals surface area contributed by atoms with Gasteiger partial charge in [-0.1, -0.05) is 19.8 Å². The topological polar surface area (TPSA) is 43.8 Å². The number of aromatic nitrogens is 2. The lowest BCUT2D eigenvalue weighted by atomic mass is 10.1. The highest BCUT2D eigenvalue weighted by atomic mass is 15.1. The van der Waals surface area contributed by atoms with Crippen molar-refractivity contribution in [3.8, 4) is 0 Å². The van der Waals surface area contributed by atoms with Gasteiger partial charge in [0.15, 0.2) is 0 Å². The van der Waals surface area contributed by atoms with Gasteiger partial charge in [0.25, 0.3) is 0 Å². The molecule has 0 aliphatic rings. The Kier molecular flexibility index (Phi) is 3.14. The van der Waals surface area contributed by atoms with Crippen LogP contribution < -0.4 is 5.73 Å². The molecular formula is C9H17N3. The highest BCUT2D eigenvalue weighted by Crippen LogP contribution is 2.11. The van der Waals surface area contributed by atoms with Crippen molar-refractivity contribution in [2.75, 3.05) is 5.73 Å². The van der Waals surface area contributed by atoms with Crippen LogP contribution >= 0.6 is 0 Å². The van der Waals surface area contributed by atoms with Crippen LogP contribution in [0.25, 0.3) is 0 Å². The van der Waals surface area contributed by atoms with Crippen molar-refractivity contribution in [3.05, 3.63) is 12.0 Å². The van der Waals surface area contributed by atoms with Crippen molar-refractivity contribution in [2.45, 2.75) is 32.6 Å². The predicted octanol–water partition coefficient (Wildman–Crippen LogP) is 1.73. The van der Waals surface area contributed by atoms with Gasteiger partial charge < -0.3 is 10.3 Å². The molecule has 1 rings (SSSR count). The van der Waals surface area contributed by atoms with Gasteiger partial charge in [0, 0.05) is 7.05 Å². The third-order valence-electron chi connectivity index (χ3n) is 2.08. The maximum atomic E-state index is 5.79. The monoisotopic (exact) mass is 167 g/mol. The van der Waals surface area contributed by atoms with Crippen LogP contribution in [-0.2, 0) is 13.5 Å². The maximum absolute atomic E-state index is 5.79. The summed E-state index contributed by atoms with van der Waals surface area (Å²) in [6, 6.07) is 0. The van der Waals surface area contributed by atoms with Gasteiger partial charge in [0.1, 0.15) is 5.82 Å². The van der Waals surface area contributed by atoms with Crippen LogP contribution in [0.15, 0.2) is 6.33 Å². The van der Waals surface area contributed by atoms with Gasteiger partial charge in [-0.3, -0.25) is 0 Å². The molecule has 0 saturated carbocycles. The number of imidazole rings is 1. The van der Waals surface area contributed by atoms with Crippen LogP contribution in [0.1, 0.15) is 31.9 Å². The Morgan fingerprint density at radius 3 is 2.75 bits per heavy atom. The molecule has 0 aromatic carbocycles. The van der Waals surface area contributed by atoms with Crippen molar-refractivity contribution < 1.29 is 0 Å². The van der Waals surface area contributed by atoms with Crippen molar-refractivity contribution in [1.82, 2.24) is 9.55 Å². The lowest BCUT2D eigenvalue weighted by Crippen LogP contribution is -1.98. The second-order valence-corrected chi connectivity index (χ2v) is 3.14. The molecule has 3 nitrogen and oxygen atoms in total. The summed E-state index contributed by atoms with van der Waals surface area (Å²) in [5.41, 5.74) is 6.83. The van der Waals surface area contributed by atoms with E-state index < -0.39 is 0 Å². The molecule has 1 aromatic rings. The molecule has 0 saturated heterocycles. The van der Waals surface area contributed by atoms with Crippen LogP contribution in [0.2, 0.25) is 0 Å². The summed E-state index contributed by atoms with van der Waals surface area (Å²) in [7, 11) is 1.92. The van der Waals surface area contributed by atoms with Gasteiger partial charge in [-0.05, 0) is 12.8 Å². The molecule has 0 radical (unpaired) electrons. The van der Waals surface area contributed by atoms with E-state index in [9.17, 15) is 0 Å². The Bertz CT molecular complexity index is 240. The number of nitrogens with two attached hydrogens (primary N) is 1. The molecule has 1 aromatic heterocycles. The molecule has 0 fully saturated rings. The summed E-state index contributed by atoms with van der Waals surface area (Å²) in [5.74, 6) is 0.811. The van der Waals surface area contributed by atoms with E-state index in [1.54, 1.807) is 6.33 Å². The van der Waals surface area contributed by atoms with E-state index in [0.717, 1.165) is 17.9 Å². The Hall–Kier alpha value is -0.990. The molecule has 0 aliphatic carbocycles. The highest BCUT2D eigenvalue weighted by Gasteiger charge is 2.03. The number of rotatable bonds is 4. The first kappa shape index (κ1) is 9.10. The summed E-state index contributed by atoms with van der Waals surface area (Å²) < 4.78 is 1.86. The molecule has 0 atom stereocenters. The zero-order chi connectivity index (χ0) is 8.97. The minimum Gasteiger partial charge on any atom is -0.384 e. The van der Waals surface area contributed by atoms with Crippen LogP contribution in [-0.4, -0.2) is 9.55 Å². The van der Waals surface area contributed by atoms with Gasteiger partial charge >= 0.3 is 0 Å². The quantitative estimate of drug-likeness (QED) is 0.694. The third-order valence-corrected chi connectivity index (χ3v) is 2.08. The summed E-state index contributed by atoms with van der Waals surface area (Å²) in [6.45, 7) is 2.20. The molecule has 1 heterocycles. The van der Waals surface area contributed by atoms with Crippen LogP contribution in [0.3, 0.4) is 0 Å². The molecule has 68 valence electrons. The first-order valence-corrected chi connectivity index (χ1v) is 4.51. The number of nitrogen functional groups attached to an aromatic ring is 1. The normalized spacial score (nSPS) is 10.5. The average molecular weight is 167 g/mol. The van der Waals surface area contributed by atoms with E-state index >= 15 is 0 Å². The van der Waals surface area contributed by atoms with Gasteiger partial charge in [-0.15, -0.1) is 0 Å². The second kappa shape index (κ2) is 4.14. The van der Waals surface area contributed by atoms with E-state index in [4.69, 9.17) is 5.73 Å². The zero-order valence-electron chi connectivity index (χ0n) is 7.88. The lowest BCUT2D eigenvalue weighted by Gasteiger charge is -1.98. The molecule has 0 amide bonds. The van der Waals surface area contributed by atoms with Gasteiger partial charge in [-0.25, -0.2) is 4.98 Å². The van der Waals surface area contributed by atoms with Crippen LogP contribution in [0, 0.1) is 0 Å². The Morgan fingerprint density at radius 1 is 1.50 bits per heavy atom. The molecule has 12 heavy (non-hydrogen) atoms. The Morgan fingerprint density at radius 2 is 2.25 bits per heavy atom. The van der Waals surface area contributed by atoms with Crippen LogP contribution in [0.4, 0.5) is 5.82 Å². The van der Waals surface area contributed by atoms with Crippen molar-refractivity contribution >= 4 is 5.82 Å². The number of hydrogen-bond acceptors (Lipinski definition) is 2. The maximum Gasteiger partial charge on any atom is 0.126 e. The first-order chi connectivity index (χ1) is 5.75. The fourth-order valence-electron chi connectivity index (χ4n) is 1.22. The van der Waals surface area contributed by atoms with Crippen molar-refractivity contribution in [1.29, 1.82) is 0 Å². The fourth-order valence-corrected chi connectivity index (χ4v) is 1.22. The smallest absolute Gasteiger partial charge is 0.126 e. The van der Waals surface area contributed by atoms with Crippen molar-refractivity contribution in [3.63, 3.8) is 0 Å². The summed E-state index contributed by atoms with van der Waals surface area (Å²) in [4.78, 5) is 4.23. The molecule has 3 heteroatoms. The summed E-state index contributed by atoms with van der Waals surface area (Å²) in [5, 5.41) is 0.